The van der Waals surface area contributed by atoms with Crippen molar-refractivity contribution in [3.05, 3.63) is 107 Å². The van der Waals surface area contributed by atoms with Crippen LogP contribution in [0.15, 0.2) is 105 Å². The summed E-state index contributed by atoms with van der Waals surface area (Å²) in [6.07, 6.45) is 2.15. The summed E-state index contributed by atoms with van der Waals surface area (Å²) in [5.74, 6) is 0. The molecule has 2 unspecified atom stereocenters. The molecule has 4 aromatic carbocycles. The number of nitrogen functional groups attached to an aromatic ring is 2. The summed E-state index contributed by atoms with van der Waals surface area (Å²) in [6, 6.07) is 31.3. The van der Waals surface area contributed by atoms with Crippen LogP contribution in [0.2, 0.25) is 0 Å². The third-order valence-electron chi connectivity index (χ3n) is 9.95. The van der Waals surface area contributed by atoms with Crippen molar-refractivity contribution in [3.8, 4) is 0 Å². The maximum atomic E-state index is 6.12. The molecule has 0 bridgehead atoms. The standard InChI is InChI=1S/2C19H23N3S.6ClH.3H2O/c2*1-21-8-10-22(11-9-21)17-12-14-4-2-3-5-18(14)23-19-7-6-15(20)13-16(17)19;;;;;;;;;/h2*2-7,13,17H,8-12,20H2,1H3;6*1H;3*1H2. The minimum atomic E-state index is 0. The molecule has 312 valence electrons. The lowest BCUT2D eigenvalue weighted by Crippen LogP contribution is -2.46. The monoisotopic (exact) mass is 920 g/mol. The van der Waals surface area contributed by atoms with Crippen molar-refractivity contribution in [1.82, 2.24) is 19.6 Å². The van der Waals surface area contributed by atoms with E-state index >= 15 is 0 Å². The Morgan fingerprint density at radius 1 is 0.455 bits per heavy atom. The number of benzene rings is 4. The minimum absolute atomic E-state index is 0. The summed E-state index contributed by atoms with van der Waals surface area (Å²) in [6.45, 7) is 9.08. The Morgan fingerprint density at radius 3 is 1.13 bits per heavy atom. The van der Waals surface area contributed by atoms with Gasteiger partial charge in [0.2, 0.25) is 0 Å². The molecule has 2 fully saturated rings. The van der Waals surface area contributed by atoms with Gasteiger partial charge in [-0.15, -0.1) is 74.4 Å². The fraction of sp³-hybridized carbons (Fsp3) is 0.368. The first-order chi connectivity index (χ1) is 22.4. The molecule has 2 atom stereocenters. The number of halogens is 6. The van der Waals surface area contributed by atoms with Gasteiger partial charge in [-0.05, 0) is 97.7 Å². The molecule has 2 saturated heterocycles. The topological polar surface area (TPSA) is 160 Å². The van der Waals surface area contributed by atoms with Crippen LogP contribution in [0, 0.1) is 0 Å². The van der Waals surface area contributed by atoms with E-state index in [1.54, 1.807) is 0 Å². The normalized spacial score (nSPS) is 18.6. The van der Waals surface area contributed by atoms with Crippen molar-refractivity contribution in [2.75, 3.05) is 77.9 Å². The van der Waals surface area contributed by atoms with E-state index in [0.29, 0.717) is 12.1 Å². The molecule has 0 aliphatic carbocycles. The number of nitrogens with two attached hydrogens (primary N) is 2. The van der Waals surface area contributed by atoms with Gasteiger partial charge < -0.3 is 37.7 Å². The van der Waals surface area contributed by atoms with Crippen LogP contribution in [0.4, 0.5) is 11.4 Å². The van der Waals surface area contributed by atoms with Crippen molar-refractivity contribution < 1.29 is 16.4 Å². The van der Waals surface area contributed by atoms with Gasteiger partial charge in [-0.2, -0.15) is 0 Å². The second-order valence-corrected chi connectivity index (χ2v) is 15.3. The Kier molecular flexibility index (Phi) is 28.0. The first-order valence-corrected chi connectivity index (χ1v) is 18.2. The molecule has 4 aliphatic heterocycles. The average molecular weight is 924 g/mol. The summed E-state index contributed by atoms with van der Waals surface area (Å²) in [5.41, 5.74) is 19.7. The zero-order chi connectivity index (χ0) is 31.6. The molecule has 0 amide bonds. The van der Waals surface area contributed by atoms with Crippen molar-refractivity contribution in [2.45, 2.75) is 44.5 Å². The van der Waals surface area contributed by atoms with Crippen LogP contribution in [0.25, 0.3) is 0 Å². The van der Waals surface area contributed by atoms with E-state index in [1.807, 2.05) is 35.7 Å². The zero-order valence-electron chi connectivity index (χ0n) is 31.0. The molecule has 0 radical (unpaired) electrons. The van der Waals surface area contributed by atoms with E-state index in [9.17, 15) is 0 Å². The SMILES string of the molecule is CN1CCN(C2Cc3ccccc3Sc3ccc(N)cc32)CC1.CN1CCN(C2Cc3ccccc3Sc3ccc(N)cc32)CC1.Cl.Cl.Cl.Cl.Cl.Cl.O.O.O. The second-order valence-electron chi connectivity index (χ2n) is 13.1. The van der Waals surface area contributed by atoms with E-state index < -0.39 is 0 Å². The summed E-state index contributed by atoms with van der Waals surface area (Å²) in [7, 11) is 4.42. The highest BCUT2D eigenvalue weighted by Crippen LogP contribution is 2.45. The fourth-order valence-corrected chi connectivity index (χ4v) is 9.41. The number of hydrogen-bond donors (Lipinski definition) is 2. The smallest absolute Gasteiger partial charge is 0.0401 e. The van der Waals surface area contributed by atoms with E-state index in [4.69, 9.17) is 11.5 Å². The Labute approximate surface area is 372 Å². The lowest BCUT2D eigenvalue weighted by molar-refractivity contribution is 0.110. The molecular formula is C38H58Cl6N6O3S2. The number of rotatable bonds is 2. The third-order valence-corrected chi connectivity index (χ3v) is 12.4. The van der Waals surface area contributed by atoms with Gasteiger partial charge in [0.1, 0.15) is 0 Å². The van der Waals surface area contributed by atoms with Gasteiger partial charge in [0.05, 0.1) is 0 Å². The Hall–Kier alpha value is -1.36. The molecule has 0 saturated carbocycles. The quantitative estimate of drug-likeness (QED) is 0.213. The van der Waals surface area contributed by atoms with Crippen molar-refractivity contribution >= 4 is 109 Å². The molecule has 4 aromatic rings. The second kappa shape index (κ2) is 26.6. The molecular weight excluding hydrogens is 865 g/mol. The predicted molar refractivity (Wildman–Crippen MR) is 248 cm³/mol. The molecule has 55 heavy (non-hydrogen) atoms. The third kappa shape index (κ3) is 13.9. The molecule has 0 aromatic heterocycles. The van der Waals surface area contributed by atoms with Crippen molar-refractivity contribution in [2.24, 2.45) is 0 Å². The van der Waals surface area contributed by atoms with E-state index in [1.165, 1.54) is 41.8 Å². The Bertz CT molecular complexity index is 1580. The Morgan fingerprint density at radius 2 is 0.782 bits per heavy atom. The summed E-state index contributed by atoms with van der Waals surface area (Å²) >= 11 is 3.78. The maximum Gasteiger partial charge on any atom is 0.0401 e. The Balaban J connectivity index is -0.000000845. The largest absolute Gasteiger partial charge is 0.412 e. The highest BCUT2D eigenvalue weighted by molar-refractivity contribution is 7.99. The first-order valence-electron chi connectivity index (χ1n) is 16.6. The van der Waals surface area contributed by atoms with E-state index in [2.05, 4.69) is 106 Å². The van der Waals surface area contributed by atoms with Gasteiger partial charge in [-0.25, -0.2) is 0 Å². The average Bonchev–Trinajstić information content (AvgIpc) is 3.33. The van der Waals surface area contributed by atoms with Crippen LogP contribution in [-0.2, 0) is 12.8 Å². The summed E-state index contributed by atoms with van der Waals surface area (Å²) < 4.78 is 0. The molecule has 17 heteroatoms. The molecule has 8 rings (SSSR count). The van der Waals surface area contributed by atoms with E-state index in [0.717, 1.165) is 76.6 Å². The van der Waals surface area contributed by atoms with Crippen LogP contribution >= 0.6 is 98.0 Å². The predicted octanol–water partition coefficient (Wildman–Crippen LogP) is 6.59. The summed E-state index contributed by atoms with van der Waals surface area (Å²) in [4.78, 5) is 15.6. The highest BCUT2D eigenvalue weighted by atomic mass is 35.5. The van der Waals surface area contributed by atoms with Crippen molar-refractivity contribution in [1.29, 1.82) is 0 Å². The van der Waals surface area contributed by atoms with Gasteiger partial charge in [-0.3, -0.25) is 9.80 Å². The van der Waals surface area contributed by atoms with Gasteiger partial charge in [0.15, 0.2) is 0 Å². The van der Waals surface area contributed by atoms with Gasteiger partial charge in [-0.1, -0.05) is 59.9 Å². The fourth-order valence-electron chi connectivity index (χ4n) is 7.18. The molecule has 4 heterocycles. The lowest BCUT2D eigenvalue weighted by atomic mass is 9.96. The highest BCUT2D eigenvalue weighted by Gasteiger charge is 2.31. The van der Waals surface area contributed by atoms with Crippen LogP contribution in [0.3, 0.4) is 0 Å². The number of piperazine rings is 2. The van der Waals surface area contributed by atoms with E-state index in [-0.39, 0.29) is 90.9 Å². The van der Waals surface area contributed by atoms with Gasteiger partial charge in [0.25, 0.3) is 0 Å². The molecule has 4 aliphatic rings. The first kappa shape index (κ1) is 58.0. The number of nitrogens with zero attached hydrogens (tertiary/aromatic N) is 4. The van der Waals surface area contributed by atoms with Crippen LogP contribution in [-0.4, -0.2) is 102 Å². The van der Waals surface area contributed by atoms with Crippen LogP contribution in [0.5, 0.6) is 0 Å². The molecule has 0 spiro atoms. The minimum Gasteiger partial charge on any atom is -0.412 e. The van der Waals surface area contributed by atoms with Crippen LogP contribution < -0.4 is 11.5 Å². The number of fused-ring (bicyclic) bond motifs is 4. The van der Waals surface area contributed by atoms with Crippen LogP contribution in [0.1, 0.15) is 34.3 Å². The lowest BCUT2D eigenvalue weighted by Gasteiger charge is -2.38. The summed E-state index contributed by atoms with van der Waals surface area (Å²) in [5, 5.41) is 0. The zero-order valence-corrected chi connectivity index (χ0v) is 37.6. The molecule has 10 N–H and O–H groups in total. The van der Waals surface area contributed by atoms with Gasteiger partial charge in [0, 0.05) is 95.4 Å². The van der Waals surface area contributed by atoms with Gasteiger partial charge >= 0.3 is 0 Å². The maximum absolute atomic E-state index is 6.12. The molecule has 9 nitrogen and oxygen atoms in total. The number of hydrogen-bond acceptors (Lipinski definition) is 8. The number of anilines is 2. The van der Waals surface area contributed by atoms with Crippen molar-refractivity contribution in [3.63, 3.8) is 0 Å². The number of likely N-dealkylation sites (N-methyl/N-ethyl adjacent to an activating group) is 2.